The van der Waals surface area contributed by atoms with Crippen molar-refractivity contribution in [2.45, 2.75) is 19.3 Å². The molecule has 1 N–H and O–H groups in total. The summed E-state index contributed by atoms with van der Waals surface area (Å²) in [6, 6.07) is -0.192. The zero-order chi connectivity index (χ0) is 11.5. The molecule has 16 heavy (non-hydrogen) atoms. The first kappa shape index (κ1) is 10.9. The number of rotatable bonds is 0. The molecule has 6 heteroatoms. The SMILES string of the molecule is O=C1CN(C(=O)N2CCCCC2)CC(=O)N1. The molecule has 2 rings (SSSR count). The van der Waals surface area contributed by atoms with Crippen molar-refractivity contribution >= 4 is 17.8 Å². The number of hydrogen-bond acceptors (Lipinski definition) is 3. The molecule has 0 aromatic carbocycles. The predicted octanol–water partition coefficient (Wildman–Crippen LogP) is -0.449. The Morgan fingerprint density at radius 3 is 2.06 bits per heavy atom. The molecule has 2 fully saturated rings. The minimum Gasteiger partial charge on any atom is -0.325 e. The maximum Gasteiger partial charge on any atom is 0.320 e. The lowest BCUT2D eigenvalue weighted by Gasteiger charge is -2.33. The molecule has 88 valence electrons. The van der Waals surface area contributed by atoms with Crippen molar-refractivity contribution in [2.75, 3.05) is 26.2 Å². The van der Waals surface area contributed by atoms with Crippen LogP contribution in [-0.4, -0.2) is 53.8 Å². The monoisotopic (exact) mass is 225 g/mol. The highest BCUT2D eigenvalue weighted by atomic mass is 16.2. The molecule has 0 saturated carbocycles. The van der Waals surface area contributed by atoms with Gasteiger partial charge in [0.2, 0.25) is 11.8 Å². The fourth-order valence-corrected chi connectivity index (χ4v) is 2.06. The van der Waals surface area contributed by atoms with Crippen molar-refractivity contribution in [1.82, 2.24) is 15.1 Å². The van der Waals surface area contributed by atoms with E-state index in [0.717, 1.165) is 32.4 Å². The number of nitrogens with zero attached hydrogens (tertiary/aromatic N) is 2. The number of nitrogens with one attached hydrogen (secondary N) is 1. The van der Waals surface area contributed by atoms with Crippen LogP contribution in [0, 0.1) is 0 Å². The summed E-state index contributed by atoms with van der Waals surface area (Å²) in [6.07, 6.45) is 3.14. The zero-order valence-corrected chi connectivity index (χ0v) is 9.07. The summed E-state index contributed by atoms with van der Waals surface area (Å²) in [7, 11) is 0. The number of piperidine rings is 1. The predicted molar refractivity (Wildman–Crippen MR) is 55.5 cm³/mol. The maximum absolute atomic E-state index is 12.0. The van der Waals surface area contributed by atoms with Crippen LogP contribution in [0.1, 0.15) is 19.3 Å². The van der Waals surface area contributed by atoms with Crippen molar-refractivity contribution in [1.29, 1.82) is 0 Å². The lowest BCUT2D eigenvalue weighted by atomic mass is 10.1. The largest absolute Gasteiger partial charge is 0.325 e. The van der Waals surface area contributed by atoms with E-state index in [1.165, 1.54) is 4.90 Å². The van der Waals surface area contributed by atoms with Crippen LogP contribution in [0.3, 0.4) is 0 Å². The standard InChI is InChI=1S/C10H15N3O3/c14-8-6-13(7-9(15)11-8)10(16)12-4-2-1-3-5-12/h1-7H2,(H,11,14,15). The number of piperazine rings is 1. The summed E-state index contributed by atoms with van der Waals surface area (Å²) in [5, 5.41) is 2.18. The number of likely N-dealkylation sites (tertiary alicyclic amines) is 1. The van der Waals surface area contributed by atoms with Gasteiger partial charge >= 0.3 is 6.03 Å². The fourth-order valence-electron chi connectivity index (χ4n) is 2.06. The molecule has 0 aromatic heterocycles. The summed E-state index contributed by atoms with van der Waals surface area (Å²) in [5.41, 5.74) is 0. The van der Waals surface area contributed by atoms with Crippen LogP contribution in [0.15, 0.2) is 0 Å². The highest BCUT2D eigenvalue weighted by Crippen LogP contribution is 2.11. The molecule has 0 bridgehead atoms. The van der Waals surface area contributed by atoms with Crippen LogP contribution >= 0.6 is 0 Å². The van der Waals surface area contributed by atoms with E-state index in [1.54, 1.807) is 4.90 Å². The summed E-state index contributed by atoms with van der Waals surface area (Å²) < 4.78 is 0. The number of carbonyl (C=O) groups is 3. The Hall–Kier alpha value is -1.59. The second-order valence-corrected chi connectivity index (χ2v) is 4.16. The van der Waals surface area contributed by atoms with Crippen molar-refractivity contribution in [3.63, 3.8) is 0 Å². The van der Waals surface area contributed by atoms with Crippen LogP contribution in [0.2, 0.25) is 0 Å². The van der Waals surface area contributed by atoms with Crippen LogP contribution < -0.4 is 5.32 Å². The third-order valence-corrected chi connectivity index (χ3v) is 2.84. The lowest BCUT2D eigenvalue weighted by molar-refractivity contribution is -0.135. The molecule has 2 heterocycles. The zero-order valence-electron chi connectivity index (χ0n) is 9.07. The van der Waals surface area contributed by atoms with E-state index in [-0.39, 0.29) is 19.1 Å². The van der Waals surface area contributed by atoms with Gasteiger partial charge in [-0.1, -0.05) is 0 Å². The normalized spacial score (nSPS) is 22.0. The van der Waals surface area contributed by atoms with Crippen molar-refractivity contribution < 1.29 is 14.4 Å². The molecule has 2 aliphatic rings. The molecule has 0 unspecified atom stereocenters. The van der Waals surface area contributed by atoms with Gasteiger partial charge in [-0.25, -0.2) is 4.79 Å². The van der Waals surface area contributed by atoms with Crippen molar-refractivity contribution in [3.05, 3.63) is 0 Å². The minimum atomic E-state index is -0.401. The van der Waals surface area contributed by atoms with Gasteiger partial charge in [0, 0.05) is 13.1 Å². The summed E-state index contributed by atoms with van der Waals surface area (Å²) >= 11 is 0. The van der Waals surface area contributed by atoms with Crippen molar-refractivity contribution in [3.8, 4) is 0 Å². The molecule has 0 spiro atoms. The number of carbonyl (C=O) groups excluding carboxylic acids is 3. The van der Waals surface area contributed by atoms with Crippen LogP contribution in [-0.2, 0) is 9.59 Å². The maximum atomic E-state index is 12.0. The Kier molecular flexibility index (Phi) is 3.07. The van der Waals surface area contributed by atoms with E-state index in [9.17, 15) is 14.4 Å². The first-order valence-electron chi connectivity index (χ1n) is 5.53. The smallest absolute Gasteiger partial charge is 0.320 e. The quantitative estimate of drug-likeness (QED) is 0.568. The van der Waals surface area contributed by atoms with E-state index >= 15 is 0 Å². The Bertz CT molecular complexity index is 307. The minimum absolute atomic E-state index is 0.0128. The molecule has 0 aliphatic carbocycles. The number of urea groups is 1. The van der Waals surface area contributed by atoms with E-state index in [4.69, 9.17) is 0 Å². The van der Waals surface area contributed by atoms with E-state index < -0.39 is 11.8 Å². The average Bonchev–Trinajstić information content (AvgIpc) is 2.28. The van der Waals surface area contributed by atoms with E-state index in [2.05, 4.69) is 5.32 Å². The highest BCUT2D eigenvalue weighted by molar-refractivity contribution is 6.02. The van der Waals surface area contributed by atoms with Crippen LogP contribution in [0.5, 0.6) is 0 Å². The van der Waals surface area contributed by atoms with Gasteiger partial charge in [0.05, 0.1) is 0 Å². The molecule has 6 nitrogen and oxygen atoms in total. The summed E-state index contributed by atoms with van der Waals surface area (Å²) in [4.78, 5) is 37.2. The molecular weight excluding hydrogens is 210 g/mol. The van der Waals surface area contributed by atoms with Gasteiger partial charge in [0.15, 0.2) is 0 Å². The number of amides is 4. The molecule has 4 amide bonds. The van der Waals surface area contributed by atoms with Crippen LogP contribution in [0.25, 0.3) is 0 Å². The van der Waals surface area contributed by atoms with Crippen molar-refractivity contribution in [2.24, 2.45) is 0 Å². The van der Waals surface area contributed by atoms with Crippen LogP contribution in [0.4, 0.5) is 4.79 Å². The molecular formula is C10H15N3O3. The topological polar surface area (TPSA) is 69.7 Å². The Labute approximate surface area is 93.6 Å². The van der Waals surface area contributed by atoms with Gasteiger partial charge in [-0.05, 0) is 19.3 Å². The molecule has 0 aromatic rings. The van der Waals surface area contributed by atoms with Gasteiger partial charge in [-0.15, -0.1) is 0 Å². The third-order valence-electron chi connectivity index (χ3n) is 2.84. The van der Waals surface area contributed by atoms with Gasteiger partial charge in [0.25, 0.3) is 0 Å². The van der Waals surface area contributed by atoms with Gasteiger partial charge in [-0.2, -0.15) is 0 Å². The molecule has 0 atom stereocenters. The molecule has 2 aliphatic heterocycles. The summed E-state index contributed by atoms with van der Waals surface area (Å²) in [6.45, 7) is 1.43. The number of hydrogen-bond donors (Lipinski definition) is 1. The Morgan fingerprint density at radius 1 is 0.938 bits per heavy atom. The Balaban J connectivity index is 1.97. The van der Waals surface area contributed by atoms with E-state index in [0.29, 0.717) is 0 Å². The second-order valence-electron chi connectivity index (χ2n) is 4.16. The first-order chi connectivity index (χ1) is 7.66. The average molecular weight is 225 g/mol. The second kappa shape index (κ2) is 4.51. The molecule has 0 radical (unpaired) electrons. The Morgan fingerprint density at radius 2 is 1.50 bits per heavy atom. The van der Waals surface area contributed by atoms with Gasteiger partial charge in [0.1, 0.15) is 13.1 Å². The van der Waals surface area contributed by atoms with Gasteiger partial charge < -0.3 is 9.80 Å². The molecule has 2 saturated heterocycles. The summed E-state index contributed by atoms with van der Waals surface area (Å²) in [5.74, 6) is -0.803. The lowest BCUT2D eigenvalue weighted by Crippen LogP contribution is -2.57. The fraction of sp³-hybridized carbons (Fsp3) is 0.700. The third kappa shape index (κ3) is 2.32. The number of imide groups is 1. The first-order valence-corrected chi connectivity index (χ1v) is 5.53. The highest BCUT2D eigenvalue weighted by Gasteiger charge is 2.29. The van der Waals surface area contributed by atoms with Gasteiger partial charge in [-0.3, -0.25) is 14.9 Å². The van der Waals surface area contributed by atoms with E-state index in [1.807, 2.05) is 0 Å².